The number of sulfone groups is 1. The Balaban J connectivity index is 2.00. The van der Waals surface area contributed by atoms with Crippen molar-refractivity contribution in [3.05, 3.63) is 65.7 Å². The molecule has 0 aliphatic rings. The van der Waals surface area contributed by atoms with E-state index >= 15 is 0 Å². The zero-order chi connectivity index (χ0) is 22.2. The molecule has 0 bridgehead atoms. The standard InChI is InChI=1S/C23H31NO5S/c1-18-10-12-21(13-11-18)30(26,27)15-14-20(24-22(25)29-23(2,3)4)17-28-16-19-8-6-5-7-9-19/h5-13,20H,14-17H2,1-4H3,(H,24,25). The predicted molar refractivity (Wildman–Crippen MR) is 117 cm³/mol. The molecule has 0 heterocycles. The maximum atomic E-state index is 12.7. The first-order chi connectivity index (χ1) is 14.0. The second kappa shape index (κ2) is 10.6. The molecule has 2 rings (SSSR count). The van der Waals surface area contributed by atoms with Crippen LogP contribution in [-0.4, -0.2) is 38.5 Å². The van der Waals surface area contributed by atoms with Crippen molar-refractivity contribution < 1.29 is 22.7 Å². The highest BCUT2D eigenvalue weighted by molar-refractivity contribution is 7.91. The van der Waals surface area contributed by atoms with Gasteiger partial charge in [0.15, 0.2) is 9.84 Å². The van der Waals surface area contributed by atoms with Crippen molar-refractivity contribution in [1.29, 1.82) is 0 Å². The van der Waals surface area contributed by atoms with Gasteiger partial charge in [0, 0.05) is 0 Å². The van der Waals surface area contributed by atoms with Crippen LogP contribution in [0.2, 0.25) is 0 Å². The third-order valence-corrected chi connectivity index (χ3v) is 6.03. The average Bonchev–Trinajstić information content (AvgIpc) is 2.66. The normalized spacial score (nSPS) is 12.9. The van der Waals surface area contributed by atoms with Gasteiger partial charge in [0.05, 0.1) is 29.9 Å². The molecule has 0 aromatic heterocycles. The smallest absolute Gasteiger partial charge is 0.407 e. The molecule has 30 heavy (non-hydrogen) atoms. The number of aryl methyl sites for hydroxylation is 1. The van der Waals surface area contributed by atoms with E-state index in [-0.39, 0.29) is 23.7 Å². The Morgan fingerprint density at radius 2 is 1.67 bits per heavy atom. The molecule has 0 radical (unpaired) electrons. The number of hydrogen-bond donors (Lipinski definition) is 1. The van der Waals surface area contributed by atoms with Gasteiger partial charge >= 0.3 is 6.09 Å². The SMILES string of the molecule is Cc1ccc(S(=O)(=O)CCC(COCc2ccccc2)NC(=O)OC(C)(C)C)cc1. The second-order valence-corrected chi connectivity index (χ2v) is 10.4. The first kappa shape index (κ1) is 23.9. The lowest BCUT2D eigenvalue weighted by molar-refractivity contribution is 0.0426. The van der Waals surface area contributed by atoms with E-state index in [2.05, 4.69) is 5.32 Å². The number of hydrogen-bond acceptors (Lipinski definition) is 5. The molecule has 1 amide bonds. The Hall–Kier alpha value is -2.38. The van der Waals surface area contributed by atoms with E-state index in [9.17, 15) is 13.2 Å². The van der Waals surface area contributed by atoms with Crippen LogP contribution in [0.25, 0.3) is 0 Å². The number of rotatable bonds is 9. The highest BCUT2D eigenvalue weighted by Crippen LogP contribution is 2.15. The fraction of sp³-hybridized carbons (Fsp3) is 0.435. The van der Waals surface area contributed by atoms with Crippen LogP contribution < -0.4 is 5.32 Å². The Bertz CT molecular complexity index is 903. The number of benzene rings is 2. The number of carbonyl (C=O) groups is 1. The summed E-state index contributed by atoms with van der Waals surface area (Å²) in [6.45, 7) is 7.77. The van der Waals surface area contributed by atoms with E-state index in [0.717, 1.165) is 11.1 Å². The topological polar surface area (TPSA) is 81.7 Å². The van der Waals surface area contributed by atoms with Crippen LogP contribution in [0, 0.1) is 6.92 Å². The van der Waals surface area contributed by atoms with Crippen LogP contribution in [0.3, 0.4) is 0 Å². The summed E-state index contributed by atoms with van der Waals surface area (Å²) in [7, 11) is -3.47. The number of carbonyl (C=O) groups excluding carboxylic acids is 1. The molecule has 0 aliphatic carbocycles. The Morgan fingerprint density at radius 1 is 1.03 bits per heavy atom. The van der Waals surface area contributed by atoms with Crippen LogP contribution in [0.1, 0.15) is 38.3 Å². The van der Waals surface area contributed by atoms with E-state index in [1.807, 2.05) is 37.3 Å². The molecule has 1 atom stereocenters. The van der Waals surface area contributed by atoms with Crippen LogP contribution in [-0.2, 0) is 25.9 Å². The van der Waals surface area contributed by atoms with Crippen LogP contribution in [0.5, 0.6) is 0 Å². The monoisotopic (exact) mass is 433 g/mol. The minimum Gasteiger partial charge on any atom is -0.444 e. The van der Waals surface area contributed by atoms with Gasteiger partial charge in [-0.3, -0.25) is 0 Å². The van der Waals surface area contributed by atoms with Gasteiger partial charge in [-0.2, -0.15) is 0 Å². The molecule has 6 nitrogen and oxygen atoms in total. The fourth-order valence-corrected chi connectivity index (χ4v) is 4.11. The summed E-state index contributed by atoms with van der Waals surface area (Å²) >= 11 is 0. The highest BCUT2D eigenvalue weighted by Gasteiger charge is 2.22. The highest BCUT2D eigenvalue weighted by atomic mass is 32.2. The van der Waals surface area contributed by atoms with Crippen LogP contribution in [0.4, 0.5) is 4.79 Å². The van der Waals surface area contributed by atoms with Crippen molar-refractivity contribution in [3.63, 3.8) is 0 Å². The Labute approximate surface area is 179 Å². The van der Waals surface area contributed by atoms with Gasteiger partial charge in [-0.15, -0.1) is 0 Å². The first-order valence-electron chi connectivity index (χ1n) is 9.96. The third-order valence-electron chi connectivity index (χ3n) is 4.27. The summed E-state index contributed by atoms with van der Waals surface area (Å²) in [6, 6.07) is 15.9. The molecular weight excluding hydrogens is 402 g/mol. The number of ether oxygens (including phenoxy) is 2. The molecule has 0 aliphatic heterocycles. The summed E-state index contributed by atoms with van der Waals surface area (Å²) in [5.41, 5.74) is 1.35. The first-order valence-corrected chi connectivity index (χ1v) is 11.6. The maximum absolute atomic E-state index is 12.7. The van der Waals surface area contributed by atoms with Gasteiger partial charge in [-0.05, 0) is 51.8 Å². The third kappa shape index (κ3) is 8.55. The van der Waals surface area contributed by atoms with Crippen molar-refractivity contribution in [2.75, 3.05) is 12.4 Å². The summed E-state index contributed by atoms with van der Waals surface area (Å²) < 4.78 is 36.4. The van der Waals surface area contributed by atoms with Gasteiger partial charge in [0.2, 0.25) is 0 Å². The van der Waals surface area contributed by atoms with E-state index in [0.29, 0.717) is 6.61 Å². The zero-order valence-corrected chi connectivity index (χ0v) is 18.9. The zero-order valence-electron chi connectivity index (χ0n) is 18.1. The van der Waals surface area contributed by atoms with E-state index in [4.69, 9.17) is 9.47 Å². The van der Waals surface area contributed by atoms with Crippen molar-refractivity contribution in [1.82, 2.24) is 5.32 Å². The summed E-state index contributed by atoms with van der Waals surface area (Å²) in [4.78, 5) is 12.5. The van der Waals surface area contributed by atoms with Crippen LogP contribution in [0.15, 0.2) is 59.5 Å². The molecule has 0 spiro atoms. The van der Waals surface area contributed by atoms with E-state index in [1.165, 1.54) is 0 Å². The average molecular weight is 434 g/mol. The molecular formula is C23H31NO5S. The number of amides is 1. The van der Waals surface area contributed by atoms with Crippen molar-refractivity contribution in [3.8, 4) is 0 Å². The summed E-state index contributed by atoms with van der Waals surface area (Å²) in [6.07, 6.45) is -0.381. The Kier molecular flexibility index (Phi) is 8.43. The summed E-state index contributed by atoms with van der Waals surface area (Å²) in [5.74, 6) is -0.106. The minimum atomic E-state index is -3.47. The van der Waals surface area contributed by atoms with Gasteiger partial charge in [-0.25, -0.2) is 13.2 Å². The van der Waals surface area contributed by atoms with Gasteiger partial charge in [0.1, 0.15) is 5.60 Å². The van der Waals surface area contributed by atoms with Gasteiger partial charge in [-0.1, -0.05) is 48.0 Å². The molecule has 7 heteroatoms. The quantitative estimate of drug-likeness (QED) is 0.639. The number of alkyl carbamates (subject to hydrolysis) is 1. The van der Waals surface area contributed by atoms with Crippen molar-refractivity contribution in [2.24, 2.45) is 0 Å². The molecule has 2 aromatic carbocycles. The lowest BCUT2D eigenvalue weighted by atomic mass is 10.2. The summed E-state index contributed by atoms with van der Waals surface area (Å²) in [5, 5.41) is 2.74. The molecule has 0 saturated carbocycles. The molecule has 1 unspecified atom stereocenters. The molecule has 2 aromatic rings. The van der Waals surface area contributed by atoms with Crippen molar-refractivity contribution in [2.45, 2.75) is 57.3 Å². The number of nitrogens with one attached hydrogen (secondary N) is 1. The predicted octanol–water partition coefficient (Wildman–Crippen LogP) is 4.27. The largest absolute Gasteiger partial charge is 0.444 e. The molecule has 0 fully saturated rings. The van der Waals surface area contributed by atoms with E-state index in [1.54, 1.807) is 45.0 Å². The van der Waals surface area contributed by atoms with Crippen LogP contribution >= 0.6 is 0 Å². The van der Waals surface area contributed by atoms with Gasteiger partial charge in [0.25, 0.3) is 0 Å². The molecule has 164 valence electrons. The lowest BCUT2D eigenvalue weighted by Crippen LogP contribution is -2.42. The lowest BCUT2D eigenvalue weighted by Gasteiger charge is -2.23. The molecule has 0 saturated heterocycles. The second-order valence-electron chi connectivity index (χ2n) is 8.26. The maximum Gasteiger partial charge on any atom is 0.407 e. The minimum absolute atomic E-state index is 0.106. The van der Waals surface area contributed by atoms with Crippen molar-refractivity contribution >= 4 is 15.9 Å². The Morgan fingerprint density at radius 3 is 2.27 bits per heavy atom. The fourth-order valence-electron chi connectivity index (χ4n) is 2.73. The molecule has 1 N–H and O–H groups in total. The van der Waals surface area contributed by atoms with E-state index < -0.39 is 27.6 Å². The van der Waals surface area contributed by atoms with Gasteiger partial charge < -0.3 is 14.8 Å².